The second kappa shape index (κ2) is 10.3. The van der Waals surface area contributed by atoms with Crippen LogP contribution in [0.3, 0.4) is 0 Å². The Labute approximate surface area is 193 Å². The van der Waals surface area contributed by atoms with Crippen LogP contribution in [0.5, 0.6) is 0 Å². The molecule has 4 rings (SSSR count). The summed E-state index contributed by atoms with van der Waals surface area (Å²) in [6, 6.07) is 6.28. The maximum atomic E-state index is 11.0. The van der Waals surface area contributed by atoms with E-state index in [1.54, 1.807) is 31.1 Å². The number of benzene rings is 1. The van der Waals surface area contributed by atoms with E-state index in [2.05, 4.69) is 38.4 Å². The number of piperidine rings is 1. The minimum atomic E-state index is -0.706. The number of fused-ring (bicyclic) bond motifs is 2. The van der Waals surface area contributed by atoms with Crippen molar-refractivity contribution in [1.82, 2.24) is 14.9 Å². The fourth-order valence-electron chi connectivity index (χ4n) is 4.00. The molecule has 0 radical (unpaired) electrons. The van der Waals surface area contributed by atoms with Gasteiger partial charge in [0.1, 0.15) is 10.9 Å². The molecule has 0 bridgehead atoms. The molecule has 1 aromatic heterocycles. The summed E-state index contributed by atoms with van der Waals surface area (Å²) in [5.74, 6) is 1.03. The molecule has 166 valence electrons. The monoisotopic (exact) mass is 461 g/mol. The number of carboxylic acids is 1. The molecular weight excluding hydrogens is 434 g/mol. The lowest BCUT2D eigenvalue weighted by atomic mass is 9.89. The van der Waals surface area contributed by atoms with Gasteiger partial charge in [0.25, 0.3) is 0 Å². The quantitative estimate of drug-likeness (QED) is 0.356. The second-order valence-corrected chi connectivity index (χ2v) is 9.17. The van der Waals surface area contributed by atoms with Crippen molar-refractivity contribution in [2.24, 2.45) is 11.8 Å². The van der Waals surface area contributed by atoms with Crippen molar-refractivity contribution < 1.29 is 9.90 Å². The van der Waals surface area contributed by atoms with Crippen molar-refractivity contribution in [1.29, 1.82) is 5.41 Å². The van der Waals surface area contributed by atoms with Crippen molar-refractivity contribution in [3.63, 3.8) is 0 Å². The Morgan fingerprint density at radius 1 is 1.32 bits per heavy atom. The second-order valence-electron chi connectivity index (χ2n) is 8.14. The number of carboxylic acid groups (broad SMARTS) is 1. The van der Waals surface area contributed by atoms with E-state index >= 15 is 0 Å². The average Bonchev–Trinajstić information content (AvgIpc) is 2.76. The number of hydrogen-bond acceptors (Lipinski definition) is 6. The highest BCUT2D eigenvalue weighted by molar-refractivity contribution is 7.99. The van der Waals surface area contributed by atoms with E-state index in [1.165, 1.54) is 0 Å². The van der Waals surface area contributed by atoms with Crippen LogP contribution in [-0.4, -0.2) is 44.9 Å². The van der Waals surface area contributed by atoms with Gasteiger partial charge in [0, 0.05) is 36.8 Å². The van der Waals surface area contributed by atoms with Crippen molar-refractivity contribution in [2.45, 2.75) is 48.9 Å². The van der Waals surface area contributed by atoms with Crippen LogP contribution >= 0.6 is 24.2 Å². The Kier molecular flexibility index (Phi) is 7.78. The zero-order valence-corrected chi connectivity index (χ0v) is 19.1. The van der Waals surface area contributed by atoms with Crippen LogP contribution in [0.2, 0.25) is 0 Å². The van der Waals surface area contributed by atoms with E-state index in [1.807, 2.05) is 0 Å². The number of hydrogen-bond donors (Lipinski definition) is 3. The molecule has 3 N–H and O–H groups in total. The number of nitrogens with one attached hydrogen (secondary N) is 2. The first-order chi connectivity index (χ1) is 14.5. The van der Waals surface area contributed by atoms with Gasteiger partial charge in [0.05, 0.1) is 11.6 Å². The van der Waals surface area contributed by atoms with E-state index < -0.39 is 5.97 Å². The molecule has 2 aliphatic heterocycles. The van der Waals surface area contributed by atoms with Crippen molar-refractivity contribution in [3.8, 4) is 0 Å². The highest BCUT2D eigenvalue weighted by atomic mass is 35.5. The SMILES string of the molecule is CC(CCC1CCN(C(=N)Cc2ccc3c(c2)Nc2nccnc2S3)CC1)C(=O)O.Cl. The first kappa shape index (κ1) is 23.3. The number of nitrogens with zero attached hydrogens (tertiary/aromatic N) is 3. The van der Waals surface area contributed by atoms with Crippen LogP contribution in [-0.2, 0) is 11.2 Å². The number of aromatic nitrogens is 2. The molecule has 9 heteroatoms. The molecule has 1 aromatic carbocycles. The number of rotatable bonds is 6. The molecule has 31 heavy (non-hydrogen) atoms. The molecule has 3 heterocycles. The largest absolute Gasteiger partial charge is 0.481 e. The third kappa shape index (κ3) is 5.68. The molecule has 0 spiro atoms. The van der Waals surface area contributed by atoms with Crippen molar-refractivity contribution in [3.05, 3.63) is 36.2 Å². The van der Waals surface area contributed by atoms with Gasteiger partial charge in [-0.2, -0.15) is 0 Å². The van der Waals surface area contributed by atoms with Gasteiger partial charge in [-0.15, -0.1) is 12.4 Å². The minimum absolute atomic E-state index is 0. The van der Waals surface area contributed by atoms with Gasteiger partial charge in [-0.3, -0.25) is 10.2 Å². The van der Waals surface area contributed by atoms with Gasteiger partial charge in [0.2, 0.25) is 0 Å². The number of carbonyl (C=O) groups is 1. The zero-order valence-electron chi connectivity index (χ0n) is 17.5. The maximum absolute atomic E-state index is 11.0. The summed E-state index contributed by atoms with van der Waals surface area (Å²) in [6.07, 6.45) is 7.76. The smallest absolute Gasteiger partial charge is 0.306 e. The van der Waals surface area contributed by atoms with Gasteiger partial charge in [-0.25, -0.2) is 9.97 Å². The lowest BCUT2D eigenvalue weighted by Crippen LogP contribution is -2.39. The summed E-state index contributed by atoms with van der Waals surface area (Å²) in [6.45, 7) is 3.55. The Hall–Kier alpha value is -2.32. The summed E-state index contributed by atoms with van der Waals surface area (Å²) < 4.78 is 0. The highest BCUT2D eigenvalue weighted by Crippen LogP contribution is 2.42. The lowest BCUT2D eigenvalue weighted by Gasteiger charge is -2.34. The zero-order chi connectivity index (χ0) is 21.1. The number of anilines is 2. The molecule has 0 amide bonds. The normalized spacial score (nSPS) is 16.4. The highest BCUT2D eigenvalue weighted by Gasteiger charge is 2.23. The third-order valence-electron chi connectivity index (χ3n) is 5.97. The fourth-order valence-corrected chi connectivity index (χ4v) is 4.88. The molecule has 0 saturated carbocycles. The molecule has 2 aromatic rings. The van der Waals surface area contributed by atoms with Crippen LogP contribution in [0, 0.1) is 17.2 Å². The molecular formula is C22H28ClN5O2S. The Bertz CT molecular complexity index is 949. The minimum Gasteiger partial charge on any atom is -0.481 e. The Balaban J connectivity index is 0.00000272. The number of halogens is 1. The fraction of sp³-hybridized carbons (Fsp3) is 0.455. The standard InChI is InChI=1S/C22H27N5O2S.ClH/c1-14(22(28)29)2-3-15-6-10-27(11-7-15)19(23)13-16-4-5-18-17(12-16)26-20-21(30-18)25-9-8-24-20;/h4-5,8-9,12,14-15,23H,2-3,6-7,10-11,13H2,1H3,(H,24,26)(H,28,29);1H. The average molecular weight is 462 g/mol. The van der Waals surface area contributed by atoms with Crippen LogP contribution in [0.15, 0.2) is 40.5 Å². The van der Waals surface area contributed by atoms with Crippen LogP contribution in [0.4, 0.5) is 11.5 Å². The van der Waals surface area contributed by atoms with Gasteiger partial charge in [-0.1, -0.05) is 24.8 Å². The Morgan fingerprint density at radius 3 is 2.81 bits per heavy atom. The summed E-state index contributed by atoms with van der Waals surface area (Å²) in [7, 11) is 0. The Morgan fingerprint density at radius 2 is 2.06 bits per heavy atom. The maximum Gasteiger partial charge on any atom is 0.306 e. The van der Waals surface area contributed by atoms with Gasteiger partial charge in [-0.05, 0) is 49.3 Å². The topological polar surface area (TPSA) is 102 Å². The van der Waals surface area contributed by atoms with E-state index in [9.17, 15) is 4.79 Å². The molecule has 2 aliphatic rings. The molecule has 1 unspecified atom stereocenters. The van der Waals surface area contributed by atoms with Gasteiger partial charge < -0.3 is 15.3 Å². The molecule has 1 saturated heterocycles. The first-order valence-electron chi connectivity index (χ1n) is 10.4. The van der Waals surface area contributed by atoms with Crippen molar-refractivity contribution in [2.75, 3.05) is 18.4 Å². The molecule has 7 nitrogen and oxygen atoms in total. The predicted octanol–water partition coefficient (Wildman–Crippen LogP) is 4.84. The van der Waals surface area contributed by atoms with Crippen molar-refractivity contribution >= 4 is 47.5 Å². The summed E-state index contributed by atoms with van der Waals surface area (Å²) in [5.41, 5.74) is 2.13. The number of amidine groups is 1. The van der Waals surface area contributed by atoms with Gasteiger partial charge in [0.15, 0.2) is 5.82 Å². The number of aliphatic carboxylic acids is 1. The predicted molar refractivity (Wildman–Crippen MR) is 125 cm³/mol. The molecule has 1 atom stereocenters. The van der Waals surface area contributed by atoms with E-state index in [4.69, 9.17) is 10.5 Å². The molecule has 0 aliphatic carbocycles. The van der Waals surface area contributed by atoms with E-state index in [0.29, 0.717) is 18.2 Å². The third-order valence-corrected chi connectivity index (χ3v) is 7.03. The van der Waals surface area contributed by atoms with Crippen LogP contribution < -0.4 is 5.32 Å². The van der Waals surface area contributed by atoms with E-state index in [-0.39, 0.29) is 18.3 Å². The summed E-state index contributed by atoms with van der Waals surface area (Å²) in [5, 5.41) is 21.8. The summed E-state index contributed by atoms with van der Waals surface area (Å²) >= 11 is 1.61. The lowest BCUT2D eigenvalue weighted by molar-refractivity contribution is -0.141. The number of likely N-dealkylation sites (tertiary alicyclic amines) is 1. The summed E-state index contributed by atoms with van der Waals surface area (Å²) in [4.78, 5) is 23.0. The first-order valence-corrected chi connectivity index (χ1v) is 11.2. The van der Waals surface area contributed by atoms with Crippen LogP contribution in [0.1, 0.15) is 38.2 Å². The van der Waals surface area contributed by atoms with Crippen LogP contribution in [0.25, 0.3) is 0 Å². The van der Waals surface area contributed by atoms with Gasteiger partial charge >= 0.3 is 5.97 Å². The molecule has 1 fully saturated rings. The van der Waals surface area contributed by atoms with E-state index in [0.717, 1.165) is 65.8 Å².